The van der Waals surface area contributed by atoms with E-state index in [2.05, 4.69) is 35.4 Å². The van der Waals surface area contributed by atoms with Crippen LogP contribution in [0.2, 0.25) is 0 Å². The van der Waals surface area contributed by atoms with E-state index in [0.29, 0.717) is 5.92 Å². The van der Waals surface area contributed by atoms with Crippen LogP contribution in [0.25, 0.3) is 0 Å². The zero-order valence-electron chi connectivity index (χ0n) is 6.26. The summed E-state index contributed by atoms with van der Waals surface area (Å²) in [4.78, 5) is 3.95. The Labute approximate surface area is 60.5 Å². The molecule has 0 aliphatic carbocycles. The van der Waals surface area contributed by atoms with Gasteiger partial charge in [0.05, 0.1) is 5.70 Å². The molecule has 0 radical (unpaired) electrons. The summed E-state index contributed by atoms with van der Waals surface area (Å²) in [5.74, 6) is 0.636. The van der Waals surface area contributed by atoms with E-state index in [1.54, 1.807) is 6.20 Å². The van der Waals surface area contributed by atoms with Crippen molar-refractivity contribution >= 4 is 6.01 Å². The first kappa shape index (κ1) is 7.03. The van der Waals surface area contributed by atoms with Crippen molar-refractivity contribution in [3.8, 4) is 0 Å². The van der Waals surface area contributed by atoms with Crippen LogP contribution in [0.5, 0.6) is 0 Å². The average Bonchev–Trinajstić information content (AvgIpc) is 1.88. The number of nitrogens with one attached hydrogen (secondary N) is 1. The number of nitrogens with zero attached hydrogens (tertiary/aromatic N) is 2. The Morgan fingerprint density at radius 3 is 3.00 bits per heavy atom. The molecule has 1 rings (SSSR count). The second kappa shape index (κ2) is 3.18. The average molecular weight is 137 g/mol. The SMILES string of the molecule is CC(C)CC1=CNN=C=N1. The molecular weight excluding hydrogens is 126 g/mol. The number of rotatable bonds is 2. The summed E-state index contributed by atoms with van der Waals surface area (Å²) in [7, 11) is 0. The Hall–Kier alpha value is -1.08. The van der Waals surface area contributed by atoms with Crippen molar-refractivity contribution in [2.45, 2.75) is 20.3 Å². The number of aliphatic imine (C=N–C) groups is 1. The fourth-order valence-electron chi connectivity index (χ4n) is 0.780. The van der Waals surface area contributed by atoms with Gasteiger partial charge in [0.15, 0.2) is 0 Å². The van der Waals surface area contributed by atoms with Gasteiger partial charge in [-0.15, -0.1) is 5.10 Å². The molecule has 54 valence electrons. The van der Waals surface area contributed by atoms with E-state index < -0.39 is 0 Å². The van der Waals surface area contributed by atoms with Gasteiger partial charge in [-0.25, -0.2) is 0 Å². The summed E-state index contributed by atoms with van der Waals surface area (Å²) < 4.78 is 0. The van der Waals surface area contributed by atoms with Gasteiger partial charge < -0.3 is 0 Å². The van der Waals surface area contributed by atoms with Gasteiger partial charge in [-0.3, -0.25) is 5.43 Å². The minimum Gasteiger partial charge on any atom is -0.274 e. The summed E-state index contributed by atoms with van der Waals surface area (Å²) >= 11 is 0. The van der Waals surface area contributed by atoms with Crippen molar-refractivity contribution in [3.05, 3.63) is 11.9 Å². The van der Waals surface area contributed by atoms with Crippen molar-refractivity contribution < 1.29 is 0 Å². The highest BCUT2D eigenvalue weighted by molar-refractivity contribution is 5.45. The van der Waals surface area contributed by atoms with Gasteiger partial charge in [0.25, 0.3) is 0 Å². The molecular formula is C7H11N3. The fourth-order valence-corrected chi connectivity index (χ4v) is 0.780. The predicted octanol–water partition coefficient (Wildman–Crippen LogP) is 1.57. The topological polar surface area (TPSA) is 36.8 Å². The molecule has 0 aromatic rings. The van der Waals surface area contributed by atoms with E-state index in [1.165, 1.54) is 0 Å². The van der Waals surface area contributed by atoms with Gasteiger partial charge >= 0.3 is 0 Å². The van der Waals surface area contributed by atoms with Crippen LogP contribution in [0, 0.1) is 5.92 Å². The summed E-state index contributed by atoms with van der Waals surface area (Å²) in [6.07, 6.45) is 2.78. The number of hydrogen-bond donors (Lipinski definition) is 1. The standard InChI is InChI=1S/C7H11N3/c1-6(2)3-7-4-9-10-5-8-7/h4,6,9H,3H2,1-2H3. The summed E-state index contributed by atoms with van der Waals surface area (Å²) in [5.41, 5.74) is 3.72. The van der Waals surface area contributed by atoms with E-state index in [4.69, 9.17) is 0 Å². The Kier molecular flexibility index (Phi) is 2.24. The molecule has 0 saturated heterocycles. The van der Waals surface area contributed by atoms with Gasteiger partial charge in [0, 0.05) is 6.20 Å². The Balaban J connectivity index is 2.50. The van der Waals surface area contributed by atoms with Gasteiger partial charge in [-0.2, -0.15) is 4.99 Å². The van der Waals surface area contributed by atoms with Crippen LogP contribution in [-0.2, 0) is 0 Å². The fraction of sp³-hybridized carbons (Fsp3) is 0.571. The van der Waals surface area contributed by atoms with Crippen LogP contribution in [0.15, 0.2) is 22.0 Å². The highest BCUT2D eigenvalue weighted by Crippen LogP contribution is 2.10. The van der Waals surface area contributed by atoms with Crippen LogP contribution in [-0.4, -0.2) is 6.01 Å². The second-order valence-electron chi connectivity index (χ2n) is 2.69. The van der Waals surface area contributed by atoms with Crippen molar-refractivity contribution in [2.75, 3.05) is 0 Å². The third-order valence-electron chi connectivity index (χ3n) is 1.16. The molecule has 0 saturated carbocycles. The lowest BCUT2D eigenvalue weighted by Gasteiger charge is -2.04. The summed E-state index contributed by atoms with van der Waals surface area (Å²) in [5, 5.41) is 3.59. The quantitative estimate of drug-likeness (QED) is 0.616. The Morgan fingerprint density at radius 2 is 2.50 bits per heavy atom. The molecule has 3 heteroatoms. The normalized spacial score (nSPS) is 15.3. The zero-order valence-corrected chi connectivity index (χ0v) is 6.26. The second-order valence-corrected chi connectivity index (χ2v) is 2.69. The molecule has 1 aliphatic rings. The maximum Gasteiger partial charge on any atom is 0.120 e. The molecule has 0 fully saturated rings. The minimum atomic E-state index is 0.636. The van der Waals surface area contributed by atoms with E-state index in [-0.39, 0.29) is 0 Å². The van der Waals surface area contributed by atoms with Crippen LogP contribution < -0.4 is 5.43 Å². The third-order valence-corrected chi connectivity index (χ3v) is 1.16. The van der Waals surface area contributed by atoms with Crippen molar-refractivity contribution in [1.29, 1.82) is 0 Å². The van der Waals surface area contributed by atoms with Gasteiger partial charge in [-0.05, 0) is 12.3 Å². The molecule has 1 N–H and O–H groups in total. The zero-order chi connectivity index (χ0) is 7.40. The lowest BCUT2D eigenvalue weighted by molar-refractivity contribution is 0.633. The number of hydrogen-bond acceptors (Lipinski definition) is 3. The molecule has 10 heavy (non-hydrogen) atoms. The first-order valence-electron chi connectivity index (χ1n) is 3.39. The molecule has 0 amide bonds. The molecule has 0 aromatic heterocycles. The molecule has 3 nitrogen and oxygen atoms in total. The van der Waals surface area contributed by atoms with E-state index in [1.807, 2.05) is 0 Å². The monoisotopic (exact) mass is 137 g/mol. The molecule has 0 unspecified atom stereocenters. The number of hydrazone groups is 1. The lowest BCUT2D eigenvalue weighted by atomic mass is 10.1. The molecule has 0 bridgehead atoms. The Morgan fingerprint density at radius 1 is 1.70 bits per heavy atom. The Bertz CT molecular complexity index is 197. The minimum absolute atomic E-state index is 0.636. The predicted molar refractivity (Wildman–Crippen MR) is 40.5 cm³/mol. The van der Waals surface area contributed by atoms with Gasteiger partial charge in [-0.1, -0.05) is 13.8 Å². The molecule has 0 aromatic carbocycles. The van der Waals surface area contributed by atoms with Crippen LogP contribution in [0.3, 0.4) is 0 Å². The molecule has 0 atom stereocenters. The van der Waals surface area contributed by atoms with Crippen LogP contribution in [0.4, 0.5) is 0 Å². The van der Waals surface area contributed by atoms with E-state index >= 15 is 0 Å². The van der Waals surface area contributed by atoms with Crippen molar-refractivity contribution in [2.24, 2.45) is 16.0 Å². The van der Waals surface area contributed by atoms with Crippen molar-refractivity contribution in [3.63, 3.8) is 0 Å². The summed E-state index contributed by atoms with van der Waals surface area (Å²) in [6.45, 7) is 4.31. The first-order valence-corrected chi connectivity index (χ1v) is 3.39. The van der Waals surface area contributed by atoms with Gasteiger partial charge in [0.2, 0.25) is 0 Å². The molecule has 0 spiro atoms. The molecule has 1 aliphatic heterocycles. The maximum absolute atomic E-state index is 3.95. The third kappa shape index (κ3) is 2.03. The largest absolute Gasteiger partial charge is 0.274 e. The summed E-state index contributed by atoms with van der Waals surface area (Å²) in [6, 6.07) is 2.51. The van der Waals surface area contributed by atoms with Crippen molar-refractivity contribution in [1.82, 2.24) is 5.43 Å². The highest BCUT2D eigenvalue weighted by Gasteiger charge is 1.99. The van der Waals surface area contributed by atoms with Crippen LogP contribution >= 0.6 is 0 Å². The smallest absolute Gasteiger partial charge is 0.120 e. The maximum atomic E-state index is 3.95. The van der Waals surface area contributed by atoms with Crippen LogP contribution in [0.1, 0.15) is 20.3 Å². The molecule has 1 heterocycles. The lowest BCUT2D eigenvalue weighted by Crippen LogP contribution is -2.00. The van der Waals surface area contributed by atoms with E-state index in [9.17, 15) is 0 Å². The highest BCUT2D eigenvalue weighted by atomic mass is 15.3. The van der Waals surface area contributed by atoms with E-state index in [0.717, 1.165) is 12.1 Å². The first-order chi connectivity index (χ1) is 4.79. The van der Waals surface area contributed by atoms with Gasteiger partial charge in [0.1, 0.15) is 6.01 Å². The number of allylic oxidation sites excluding steroid dienone is 1.